The van der Waals surface area contributed by atoms with Crippen molar-refractivity contribution in [3.05, 3.63) is 36.0 Å². The second-order valence-electron chi connectivity index (χ2n) is 4.33. The van der Waals surface area contributed by atoms with Crippen molar-refractivity contribution in [1.82, 2.24) is 4.57 Å². The number of nitrogens with two attached hydrogens (primary N) is 1. The number of aliphatic carboxylic acids is 1. The Balaban J connectivity index is 2.38. The van der Waals surface area contributed by atoms with E-state index in [-0.39, 0.29) is 13.0 Å². The van der Waals surface area contributed by atoms with Gasteiger partial charge in [-0.1, -0.05) is 18.2 Å². The third-order valence-corrected chi connectivity index (χ3v) is 2.87. The highest BCUT2D eigenvalue weighted by Gasteiger charge is 2.15. The average Bonchev–Trinajstić information content (AvgIpc) is 2.67. The van der Waals surface area contributed by atoms with E-state index in [1.807, 2.05) is 0 Å². The maximum Gasteiger partial charge on any atom is 0.306 e. The van der Waals surface area contributed by atoms with Crippen molar-refractivity contribution in [3.8, 4) is 0 Å². The number of carbonyl (C=O) groups is 2. The molecular formula is C13H14N2O4. The lowest BCUT2D eigenvalue weighted by Crippen LogP contribution is -2.19. The molecule has 0 aliphatic rings. The number of hydrogen-bond acceptors (Lipinski definition) is 3. The van der Waals surface area contributed by atoms with E-state index in [4.69, 9.17) is 10.8 Å². The minimum absolute atomic E-state index is 0.0973. The Hall–Kier alpha value is -2.34. The summed E-state index contributed by atoms with van der Waals surface area (Å²) in [4.78, 5) is 21.9. The number of fused-ring (bicyclic) bond motifs is 1. The lowest BCUT2D eigenvalue weighted by molar-refractivity contribution is -0.139. The Morgan fingerprint density at radius 1 is 1.32 bits per heavy atom. The number of benzene rings is 1. The first kappa shape index (κ1) is 13.1. The Kier molecular flexibility index (Phi) is 3.52. The van der Waals surface area contributed by atoms with Gasteiger partial charge in [0.05, 0.1) is 18.1 Å². The van der Waals surface area contributed by atoms with Gasteiger partial charge in [-0.15, -0.1) is 0 Å². The molecule has 0 aliphatic heterocycles. The standard InChI is InChI=1S/C13H14N2O4/c14-13(19)10-7-15(6-8(16)5-12(17)18)11-4-2-1-3-9(10)11/h1-4,7-8,16H,5-6H2,(H2,14,19)(H,17,18). The van der Waals surface area contributed by atoms with E-state index in [1.165, 1.54) is 6.20 Å². The summed E-state index contributed by atoms with van der Waals surface area (Å²) in [6, 6.07) is 7.13. The minimum atomic E-state index is -1.07. The van der Waals surface area contributed by atoms with Gasteiger partial charge in [-0.25, -0.2) is 0 Å². The molecule has 2 aromatic rings. The fraction of sp³-hybridized carbons (Fsp3) is 0.231. The van der Waals surface area contributed by atoms with Gasteiger partial charge in [-0.2, -0.15) is 0 Å². The van der Waals surface area contributed by atoms with Crippen LogP contribution in [-0.2, 0) is 11.3 Å². The third-order valence-electron chi connectivity index (χ3n) is 2.87. The molecule has 19 heavy (non-hydrogen) atoms. The molecule has 0 saturated heterocycles. The fourth-order valence-electron chi connectivity index (χ4n) is 2.09. The number of carboxylic acid groups (broad SMARTS) is 1. The molecule has 6 heteroatoms. The fourth-order valence-corrected chi connectivity index (χ4v) is 2.09. The maximum absolute atomic E-state index is 11.3. The van der Waals surface area contributed by atoms with E-state index in [0.29, 0.717) is 10.9 Å². The number of aromatic nitrogens is 1. The number of aliphatic hydroxyl groups is 1. The number of rotatable bonds is 5. The van der Waals surface area contributed by atoms with E-state index in [0.717, 1.165) is 5.52 Å². The molecule has 1 amide bonds. The molecule has 6 nitrogen and oxygen atoms in total. The number of primary amides is 1. The molecule has 1 aromatic carbocycles. The van der Waals surface area contributed by atoms with Gasteiger partial charge in [0.15, 0.2) is 0 Å². The van der Waals surface area contributed by atoms with Crippen LogP contribution in [-0.4, -0.2) is 32.8 Å². The summed E-state index contributed by atoms with van der Waals surface area (Å²) in [7, 11) is 0. The van der Waals surface area contributed by atoms with Gasteiger partial charge in [0, 0.05) is 23.6 Å². The molecule has 0 bridgehead atoms. The minimum Gasteiger partial charge on any atom is -0.481 e. The van der Waals surface area contributed by atoms with Gasteiger partial charge in [-0.3, -0.25) is 9.59 Å². The summed E-state index contributed by atoms with van der Waals surface area (Å²) in [5.41, 5.74) is 6.39. The Morgan fingerprint density at radius 2 is 2.00 bits per heavy atom. The zero-order chi connectivity index (χ0) is 14.0. The molecule has 1 aromatic heterocycles. The summed E-state index contributed by atoms with van der Waals surface area (Å²) in [5, 5.41) is 19.0. The van der Waals surface area contributed by atoms with Crippen molar-refractivity contribution in [2.24, 2.45) is 5.73 Å². The summed E-state index contributed by atoms with van der Waals surface area (Å²) in [6.45, 7) is 0.0973. The van der Waals surface area contributed by atoms with E-state index in [1.54, 1.807) is 28.8 Å². The van der Waals surface area contributed by atoms with E-state index >= 15 is 0 Å². The predicted molar refractivity (Wildman–Crippen MR) is 68.7 cm³/mol. The van der Waals surface area contributed by atoms with Crippen molar-refractivity contribution in [2.45, 2.75) is 19.1 Å². The van der Waals surface area contributed by atoms with Crippen LogP contribution in [0.2, 0.25) is 0 Å². The van der Waals surface area contributed by atoms with Crippen molar-refractivity contribution in [1.29, 1.82) is 0 Å². The molecule has 0 spiro atoms. The van der Waals surface area contributed by atoms with Crippen LogP contribution in [0.5, 0.6) is 0 Å². The molecule has 100 valence electrons. The second kappa shape index (κ2) is 5.11. The Bertz CT molecular complexity index is 633. The number of hydrogen-bond donors (Lipinski definition) is 3. The number of para-hydroxylation sites is 1. The van der Waals surface area contributed by atoms with Crippen LogP contribution in [0.4, 0.5) is 0 Å². The molecule has 1 heterocycles. The predicted octanol–water partition coefficient (Wildman–Crippen LogP) is 0.576. The number of carbonyl (C=O) groups excluding carboxylic acids is 1. The van der Waals surface area contributed by atoms with Gasteiger partial charge in [0.1, 0.15) is 0 Å². The second-order valence-corrected chi connectivity index (χ2v) is 4.33. The van der Waals surface area contributed by atoms with Crippen LogP contribution in [0.3, 0.4) is 0 Å². The van der Waals surface area contributed by atoms with Crippen LogP contribution >= 0.6 is 0 Å². The van der Waals surface area contributed by atoms with Gasteiger partial charge < -0.3 is 20.5 Å². The normalized spacial score (nSPS) is 12.5. The SMILES string of the molecule is NC(=O)c1cn(CC(O)CC(=O)O)c2ccccc12. The van der Waals surface area contributed by atoms with Gasteiger partial charge in [0.2, 0.25) is 0 Å². The molecule has 0 aliphatic carbocycles. The molecular weight excluding hydrogens is 248 g/mol. The highest BCUT2D eigenvalue weighted by molar-refractivity contribution is 6.06. The van der Waals surface area contributed by atoms with Crippen molar-refractivity contribution in [3.63, 3.8) is 0 Å². The maximum atomic E-state index is 11.3. The number of carboxylic acids is 1. The lowest BCUT2D eigenvalue weighted by atomic mass is 10.2. The van der Waals surface area contributed by atoms with Gasteiger partial charge in [-0.05, 0) is 6.07 Å². The highest BCUT2D eigenvalue weighted by atomic mass is 16.4. The lowest BCUT2D eigenvalue weighted by Gasteiger charge is -2.10. The summed E-state index contributed by atoms with van der Waals surface area (Å²) < 4.78 is 1.64. The first-order valence-electron chi connectivity index (χ1n) is 5.76. The zero-order valence-electron chi connectivity index (χ0n) is 10.1. The van der Waals surface area contributed by atoms with Crippen LogP contribution < -0.4 is 5.73 Å². The molecule has 2 rings (SSSR count). The van der Waals surface area contributed by atoms with Crippen LogP contribution in [0.15, 0.2) is 30.5 Å². The van der Waals surface area contributed by atoms with Crippen molar-refractivity contribution < 1.29 is 19.8 Å². The molecule has 1 atom stereocenters. The first-order valence-corrected chi connectivity index (χ1v) is 5.76. The van der Waals surface area contributed by atoms with Crippen LogP contribution in [0.1, 0.15) is 16.8 Å². The Morgan fingerprint density at radius 3 is 2.63 bits per heavy atom. The first-order chi connectivity index (χ1) is 8.99. The van der Waals surface area contributed by atoms with Crippen molar-refractivity contribution >= 4 is 22.8 Å². The van der Waals surface area contributed by atoms with Gasteiger partial charge >= 0.3 is 5.97 Å². The monoisotopic (exact) mass is 262 g/mol. The number of aliphatic hydroxyl groups excluding tert-OH is 1. The largest absolute Gasteiger partial charge is 0.481 e. The van der Waals surface area contributed by atoms with E-state index < -0.39 is 18.0 Å². The summed E-state index contributed by atoms with van der Waals surface area (Å²) in [6.07, 6.45) is 0.172. The smallest absolute Gasteiger partial charge is 0.306 e. The summed E-state index contributed by atoms with van der Waals surface area (Å²) >= 11 is 0. The van der Waals surface area contributed by atoms with Crippen LogP contribution in [0, 0.1) is 0 Å². The number of nitrogens with zero attached hydrogens (tertiary/aromatic N) is 1. The molecule has 0 fully saturated rings. The molecule has 0 radical (unpaired) electrons. The highest BCUT2D eigenvalue weighted by Crippen LogP contribution is 2.21. The average molecular weight is 262 g/mol. The van der Waals surface area contributed by atoms with E-state index in [2.05, 4.69) is 0 Å². The molecule has 0 saturated carbocycles. The van der Waals surface area contributed by atoms with Crippen LogP contribution in [0.25, 0.3) is 10.9 Å². The topological polar surface area (TPSA) is 106 Å². The molecule has 4 N–H and O–H groups in total. The quantitative estimate of drug-likeness (QED) is 0.732. The third kappa shape index (κ3) is 2.74. The zero-order valence-corrected chi connectivity index (χ0v) is 10.1. The van der Waals surface area contributed by atoms with Crippen molar-refractivity contribution in [2.75, 3.05) is 0 Å². The molecule has 1 unspecified atom stereocenters. The Labute approximate surface area is 109 Å². The van der Waals surface area contributed by atoms with E-state index in [9.17, 15) is 14.7 Å². The summed E-state index contributed by atoms with van der Waals surface area (Å²) in [5.74, 6) is -1.62. The van der Waals surface area contributed by atoms with Gasteiger partial charge in [0.25, 0.3) is 5.91 Å². The number of amides is 1.